The van der Waals surface area contributed by atoms with Gasteiger partial charge < -0.3 is 15.4 Å². The van der Waals surface area contributed by atoms with Gasteiger partial charge in [-0.15, -0.1) is 0 Å². The highest BCUT2D eigenvalue weighted by Gasteiger charge is 2.28. The van der Waals surface area contributed by atoms with Gasteiger partial charge in [-0.05, 0) is 19.0 Å². The summed E-state index contributed by atoms with van der Waals surface area (Å²) in [7, 11) is 3.84. The quantitative estimate of drug-likeness (QED) is 0.874. The van der Waals surface area contributed by atoms with E-state index in [-0.39, 0.29) is 6.04 Å². The van der Waals surface area contributed by atoms with E-state index < -0.39 is 0 Å². The van der Waals surface area contributed by atoms with Crippen LogP contribution in [-0.2, 0) is 0 Å². The zero-order valence-corrected chi connectivity index (χ0v) is 12.7. The van der Waals surface area contributed by atoms with Crippen molar-refractivity contribution in [3.05, 3.63) is 23.9 Å². The second-order valence-electron chi connectivity index (χ2n) is 5.42. The van der Waals surface area contributed by atoms with E-state index in [1.165, 1.54) is 12.0 Å². The van der Waals surface area contributed by atoms with Crippen LogP contribution in [0.1, 0.15) is 24.9 Å². The molecule has 20 heavy (non-hydrogen) atoms. The van der Waals surface area contributed by atoms with Gasteiger partial charge in [-0.1, -0.05) is 13.0 Å². The number of methoxy groups -OCH3 is 1. The molecule has 1 fully saturated rings. The molecule has 112 valence electrons. The van der Waals surface area contributed by atoms with Crippen LogP contribution in [0.2, 0.25) is 0 Å². The van der Waals surface area contributed by atoms with E-state index in [9.17, 15) is 0 Å². The van der Waals surface area contributed by atoms with Crippen molar-refractivity contribution in [3.8, 4) is 5.88 Å². The minimum atomic E-state index is 0.246. The van der Waals surface area contributed by atoms with Crippen molar-refractivity contribution in [2.75, 3.05) is 40.3 Å². The third kappa shape index (κ3) is 3.29. The van der Waals surface area contributed by atoms with E-state index >= 15 is 0 Å². The molecule has 0 aliphatic carbocycles. The van der Waals surface area contributed by atoms with Crippen LogP contribution in [0.3, 0.4) is 0 Å². The standard InChI is InChI=1S/C15H26N4O/c1-4-13-11-19(8-7-18(13)2)14(9-16)12-5-6-15(20-3)17-10-12/h5-6,10,13-14H,4,7-9,11,16H2,1-3H3. The maximum Gasteiger partial charge on any atom is 0.212 e. The van der Waals surface area contributed by atoms with Crippen molar-refractivity contribution in [1.29, 1.82) is 0 Å². The first-order valence-electron chi connectivity index (χ1n) is 7.33. The lowest BCUT2D eigenvalue weighted by Crippen LogP contribution is -2.53. The molecule has 0 aromatic carbocycles. The summed E-state index contributed by atoms with van der Waals surface area (Å²) in [5, 5.41) is 0. The summed E-state index contributed by atoms with van der Waals surface area (Å²) in [6.07, 6.45) is 3.06. The molecule has 0 amide bonds. The first-order chi connectivity index (χ1) is 9.69. The maximum atomic E-state index is 6.01. The predicted octanol–water partition coefficient (Wildman–Crippen LogP) is 1.12. The van der Waals surface area contributed by atoms with Gasteiger partial charge in [-0.2, -0.15) is 0 Å². The number of pyridine rings is 1. The number of nitrogens with zero attached hydrogens (tertiary/aromatic N) is 3. The Morgan fingerprint density at radius 1 is 1.45 bits per heavy atom. The Morgan fingerprint density at radius 2 is 2.25 bits per heavy atom. The molecule has 0 saturated carbocycles. The van der Waals surface area contributed by atoms with Crippen molar-refractivity contribution in [1.82, 2.24) is 14.8 Å². The number of nitrogens with two attached hydrogens (primary N) is 1. The monoisotopic (exact) mass is 278 g/mol. The summed E-state index contributed by atoms with van der Waals surface area (Å²) in [6, 6.07) is 4.84. The Kier molecular flexibility index (Phi) is 5.34. The molecule has 1 aliphatic rings. The van der Waals surface area contributed by atoms with Gasteiger partial charge in [0.25, 0.3) is 0 Å². The SMILES string of the molecule is CCC1CN(C(CN)c2ccc(OC)nc2)CCN1C. The molecule has 5 heteroatoms. The molecule has 2 unspecified atom stereocenters. The smallest absolute Gasteiger partial charge is 0.212 e. The van der Waals surface area contributed by atoms with E-state index in [2.05, 4.69) is 34.8 Å². The topological polar surface area (TPSA) is 54.6 Å². The normalized spacial score (nSPS) is 22.7. The van der Waals surface area contributed by atoms with E-state index in [0.717, 1.165) is 19.6 Å². The molecular weight excluding hydrogens is 252 g/mol. The Balaban J connectivity index is 2.10. The molecule has 1 aromatic heterocycles. The number of aromatic nitrogens is 1. The average molecular weight is 278 g/mol. The highest BCUT2D eigenvalue weighted by molar-refractivity contribution is 5.21. The predicted molar refractivity (Wildman–Crippen MR) is 80.9 cm³/mol. The van der Waals surface area contributed by atoms with Crippen LogP contribution in [0.5, 0.6) is 5.88 Å². The fourth-order valence-corrected chi connectivity index (χ4v) is 2.90. The zero-order valence-electron chi connectivity index (χ0n) is 12.7. The van der Waals surface area contributed by atoms with Crippen LogP contribution in [0.15, 0.2) is 18.3 Å². The van der Waals surface area contributed by atoms with Crippen molar-refractivity contribution < 1.29 is 4.74 Å². The fourth-order valence-electron chi connectivity index (χ4n) is 2.90. The first kappa shape index (κ1) is 15.2. The summed E-state index contributed by atoms with van der Waals surface area (Å²) in [5.74, 6) is 0.648. The molecule has 0 bridgehead atoms. The number of likely N-dealkylation sites (N-methyl/N-ethyl adjacent to an activating group) is 1. The number of rotatable bonds is 5. The third-order valence-corrected chi connectivity index (χ3v) is 4.30. The second kappa shape index (κ2) is 7.02. The van der Waals surface area contributed by atoms with Crippen LogP contribution in [-0.4, -0.2) is 61.2 Å². The van der Waals surface area contributed by atoms with Gasteiger partial charge in [-0.25, -0.2) is 4.98 Å². The number of piperazine rings is 1. The fraction of sp³-hybridized carbons (Fsp3) is 0.667. The largest absolute Gasteiger partial charge is 0.481 e. The molecule has 5 nitrogen and oxygen atoms in total. The van der Waals surface area contributed by atoms with Crippen LogP contribution >= 0.6 is 0 Å². The summed E-state index contributed by atoms with van der Waals surface area (Å²) >= 11 is 0. The highest BCUT2D eigenvalue weighted by Crippen LogP contribution is 2.24. The molecule has 2 rings (SSSR count). The lowest BCUT2D eigenvalue weighted by Gasteiger charge is -2.42. The van der Waals surface area contributed by atoms with Gasteiger partial charge in [0, 0.05) is 50.5 Å². The average Bonchev–Trinajstić information content (AvgIpc) is 2.50. The summed E-state index contributed by atoms with van der Waals surface area (Å²) in [4.78, 5) is 9.22. The summed E-state index contributed by atoms with van der Waals surface area (Å²) in [5.41, 5.74) is 7.19. The van der Waals surface area contributed by atoms with Gasteiger partial charge in [0.1, 0.15) is 0 Å². The van der Waals surface area contributed by atoms with Crippen molar-refractivity contribution in [3.63, 3.8) is 0 Å². The zero-order chi connectivity index (χ0) is 14.5. The first-order valence-corrected chi connectivity index (χ1v) is 7.33. The molecule has 1 saturated heterocycles. The van der Waals surface area contributed by atoms with E-state index in [0.29, 0.717) is 18.5 Å². The van der Waals surface area contributed by atoms with E-state index in [1.54, 1.807) is 7.11 Å². The van der Waals surface area contributed by atoms with E-state index in [4.69, 9.17) is 10.5 Å². The Bertz CT molecular complexity index is 409. The minimum absolute atomic E-state index is 0.246. The molecular formula is C15H26N4O. The van der Waals surface area contributed by atoms with Crippen LogP contribution in [0, 0.1) is 0 Å². The van der Waals surface area contributed by atoms with Gasteiger partial charge in [-0.3, -0.25) is 4.90 Å². The molecule has 0 spiro atoms. The molecule has 2 atom stereocenters. The van der Waals surface area contributed by atoms with Gasteiger partial charge in [0.15, 0.2) is 0 Å². The van der Waals surface area contributed by atoms with Crippen molar-refractivity contribution in [2.45, 2.75) is 25.4 Å². The molecule has 0 radical (unpaired) electrons. The Morgan fingerprint density at radius 3 is 2.80 bits per heavy atom. The van der Waals surface area contributed by atoms with Crippen molar-refractivity contribution >= 4 is 0 Å². The Labute approximate surface area is 121 Å². The number of hydrogen-bond donors (Lipinski definition) is 1. The molecule has 1 aromatic rings. The van der Waals surface area contributed by atoms with Crippen LogP contribution in [0.4, 0.5) is 0 Å². The lowest BCUT2D eigenvalue weighted by molar-refractivity contribution is 0.0642. The maximum absolute atomic E-state index is 6.01. The molecule has 2 N–H and O–H groups in total. The summed E-state index contributed by atoms with van der Waals surface area (Å²) in [6.45, 7) is 6.09. The third-order valence-electron chi connectivity index (χ3n) is 4.30. The van der Waals surface area contributed by atoms with Crippen LogP contribution in [0.25, 0.3) is 0 Å². The van der Waals surface area contributed by atoms with Gasteiger partial charge in [0.2, 0.25) is 5.88 Å². The highest BCUT2D eigenvalue weighted by atomic mass is 16.5. The Hall–Kier alpha value is -1.17. The molecule has 1 aliphatic heterocycles. The number of hydrogen-bond acceptors (Lipinski definition) is 5. The minimum Gasteiger partial charge on any atom is -0.481 e. The molecule has 2 heterocycles. The van der Waals surface area contributed by atoms with Gasteiger partial charge >= 0.3 is 0 Å². The number of ether oxygens (including phenoxy) is 1. The van der Waals surface area contributed by atoms with E-state index in [1.807, 2.05) is 12.3 Å². The lowest BCUT2D eigenvalue weighted by atomic mass is 10.0. The second-order valence-corrected chi connectivity index (χ2v) is 5.42. The van der Waals surface area contributed by atoms with Gasteiger partial charge in [0.05, 0.1) is 7.11 Å². The van der Waals surface area contributed by atoms with Crippen LogP contribution < -0.4 is 10.5 Å². The van der Waals surface area contributed by atoms with Crippen molar-refractivity contribution in [2.24, 2.45) is 5.73 Å². The summed E-state index contributed by atoms with van der Waals surface area (Å²) < 4.78 is 5.11.